The van der Waals surface area contributed by atoms with Crippen molar-refractivity contribution in [2.24, 2.45) is 0 Å². The SMILES string of the molecule is C#CCOCCOCCOCCNc1nc(N2CCN(C(=O)C(CCCC[NH3+])n3cc(CCC(=O)O)nn3)CC2)nc(N2CCN(C(=O)C(C(C)O)n3cc(CCCC[NH3+])nn3)CC2)n1.[Cl-]. The van der Waals surface area contributed by atoms with Crippen LogP contribution in [-0.2, 0) is 41.4 Å². The van der Waals surface area contributed by atoms with Crippen LogP contribution < -0.4 is 39.0 Å². The summed E-state index contributed by atoms with van der Waals surface area (Å²) in [5.74, 6) is 2.41. The molecule has 3 atom stereocenters. The molecule has 0 bridgehead atoms. The third-order valence-corrected chi connectivity index (χ3v) is 11.0. The number of halogens is 1. The summed E-state index contributed by atoms with van der Waals surface area (Å²) in [5, 5.41) is 39.9. The van der Waals surface area contributed by atoms with E-state index in [2.05, 4.69) is 43.3 Å². The maximum absolute atomic E-state index is 14.1. The van der Waals surface area contributed by atoms with E-state index in [4.69, 9.17) is 40.7 Å². The number of aliphatic carboxylic acids is 1. The average Bonchev–Trinajstić information content (AvgIpc) is 3.99. The maximum Gasteiger partial charge on any atom is 0.303 e. The Labute approximate surface area is 391 Å². The molecule has 9 N–H and O–H groups in total. The molecule has 0 saturated carbocycles. The molecule has 5 rings (SSSR count). The number of carboxylic acid groups (broad SMARTS) is 1. The Kier molecular flexibility index (Phi) is 23.2. The minimum Gasteiger partial charge on any atom is -1.00 e. The van der Waals surface area contributed by atoms with Crippen LogP contribution in [0.4, 0.5) is 17.8 Å². The van der Waals surface area contributed by atoms with E-state index in [1.807, 2.05) is 14.7 Å². The first-order chi connectivity index (χ1) is 31.6. The van der Waals surface area contributed by atoms with Gasteiger partial charge < -0.3 is 73.2 Å². The molecule has 3 aromatic rings. The molecule has 3 unspecified atom stereocenters. The van der Waals surface area contributed by atoms with Gasteiger partial charge in [0.05, 0.1) is 70.0 Å². The number of anilines is 3. The lowest BCUT2D eigenvalue weighted by atomic mass is 10.1. The zero-order valence-corrected chi connectivity index (χ0v) is 38.8. The average molecular weight is 949 g/mol. The van der Waals surface area contributed by atoms with Crippen molar-refractivity contribution in [3.63, 3.8) is 0 Å². The van der Waals surface area contributed by atoms with Crippen LogP contribution in [0.15, 0.2) is 12.4 Å². The van der Waals surface area contributed by atoms with Crippen molar-refractivity contribution in [2.45, 2.75) is 76.5 Å². The summed E-state index contributed by atoms with van der Waals surface area (Å²) in [4.78, 5) is 61.1. The van der Waals surface area contributed by atoms with Crippen LogP contribution in [0.1, 0.15) is 68.9 Å². The quantitative estimate of drug-likeness (QED) is 0.0320. The highest BCUT2D eigenvalue weighted by Gasteiger charge is 2.35. The summed E-state index contributed by atoms with van der Waals surface area (Å²) >= 11 is 0. The zero-order valence-electron chi connectivity index (χ0n) is 38.1. The van der Waals surface area contributed by atoms with Crippen molar-refractivity contribution in [3.05, 3.63) is 23.8 Å². The number of aliphatic hydroxyl groups is 1. The van der Waals surface area contributed by atoms with Gasteiger partial charge in [-0.3, -0.25) is 14.4 Å². The van der Waals surface area contributed by atoms with Crippen LogP contribution in [0.2, 0.25) is 0 Å². The van der Waals surface area contributed by atoms with Gasteiger partial charge in [0.25, 0.3) is 0 Å². The standard InChI is InChI=1S/C41H66N16O8.ClH/c1-3-23-63-25-27-65-28-26-64-24-14-44-39-45-40(54-19-15-52(16-20-54)37(61)34(9-5-7-13-43)56-29-33(49-50-56)10-11-35(59)60)47-41(46-39)55-21-17-53(18-22-55)38(62)36(31(2)58)57-30-32(48-51-57)8-4-6-12-42;/h1,29-31,34,36,58H,4-28,42-43H2,2H3,(H,59,60)(H,44,45,46,47);1H/p+1. The monoisotopic (exact) mass is 948 g/mol. The van der Waals surface area contributed by atoms with Gasteiger partial charge in [-0.25, -0.2) is 9.36 Å². The van der Waals surface area contributed by atoms with Crippen molar-refractivity contribution in [1.29, 1.82) is 0 Å². The molecule has 25 heteroatoms. The second-order valence-electron chi connectivity index (χ2n) is 15.9. The van der Waals surface area contributed by atoms with E-state index in [0.29, 0.717) is 122 Å². The number of aromatic nitrogens is 9. The number of terminal acetylenes is 1. The predicted molar refractivity (Wildman–Crippen MR) is 235 cm³/mol. The largest absolute Gasteiger partial charge is 1.00 e. The summed E-state index contributed by atoms with van der Waals surface area (Å²) < 4.78 is 19.5. The minimum atomic E-state index is -0.990. The van der Waals surface area contributed by atoms with E-state index in [1.54, 1.807) is 28.9 Å². The summed E-state index contributed by atoms with van der Waals surface area (Å²) in [5.41, 5.74) is 9.12. The lowest BCUT2D eigenvalue weighted by Gasteiger charge is -2.38. The Hall–Kier alpha value is -5.29. The highest BCUT2D eigenvalue weighted by Crippen LogP contribution is 2.24. The van der Waals surface area contributed by atoms with Gasteiger partial charge in [-0.15, -0.1) is 16.6 Å². The number of carbonyl (C=O) groups excluding carboxylic acids is 2. The molecule has 5 heterocycles. The van der Waals surface area contributed by atoms with Crippen molar-refractivity contribution >= 4 is 35.6 Å². The number of piperazine rings is 2. The molecular weight excluding hydrogens is 880 g/mol. The Bertz CT molecular complexity index is 1950. The molecule has 2 fully saturated rings. The topological polar surface area (TPSA) is 300 Å². The van der Waals surface area contributed by atoms with Gasteiger partial charge in [0.2, 0.25) is 29.7 Å². The normalized spacial score (nSPS) is 15.5. The molecule has 2 aliphatic heterocycles. The molecule has 3 aromatic heterocycles. The number of unbranched alkanes of at least 4 members (excludes halogenated alkanes) is 2. The van der Waals surface area contributed by atoms with E-state index in [0.717, 1.165) is 50.9 Å². The number of carbonyl (C=O) groups is 3. The van der Waals surface area contributed by atoms with Crippen LogP contribution >= 0.6 is 0 Å². The molecule has 2 amide bonds. The van der Waals surface area contributed by atoms with Crippen LogP contribution in [0.25, 0.3) is 0 Å². The number of rotatable bonds is 29. The first kappa shape index (κ1) is 53.3. The molecule has 2 aliphatic rings. The zero-order chi connectivity index (χ0) is 46.4. The number of nitrogens with one attached hydrogen (secondary N) is 1. The van der Waals surface area contributed by atoms with Gasteiger partial charge in [-0.05, 0) is 45.4 Å². The van der Waals surface area contributed by atoms with Crippen molar-refractivity contribution in [3.8, 4) is 12.3 Å². The maximum atomic E-state index is 14.1. The van der Waals surface area contributed by atoms with E-state index in [9.17, 15) is 19.5 Å². The molecule has 366 valence electrons. The molecular formula is C41H68ClN16O8+. The molecule has 66 heavy (non-hydrogen) atoms. The van der Waals surface area contributed by atoms with E-state index >= 15 is 0 Å². The number of hydrogen-bond acceptors (Lipinski definition) is 17. The van der Waals surface area contributed by atoms with Gasteiger partial charge in [0, 0.05) is 77.7 Å². The predicted octanol–water partition coefficient (Wildman–Crippen LogP) is -5.69. The third kappa shape index (κ3) is 16.5. The van der Waals surface area contributed by atoms with Crippen molar-refractivity contribution < 1.29 is 62.7 Å². The first-order valence-corrected chi connectivity index (χ1v) is 22.7. The number of aliphatic hydroxyl groups excluding tert-OH is 1. The number of quaternary nitrogens is 2. The Morgan fingerprint density at radius 2 is 1.30 bits per heavy atom. The molecule has 24 nitrogen and oxygen atoms in total. The molecule has 0 aromatic carbocycles. The van der Waals surface area contributed by atoms with Crippen LogP contribution in [0, 0.1) is 12.3 Å². The van der Waals surface area contributed by atoms with E-state index < -0.39 is 24.2 Å². The Balaban J connectivity index is 0.00000952. The summed E-state index contributed by atoms with van der Waals surface area (Å²) in [6, 6.07) is -1.49. The number of nitrogens with zero attached hydrogens (tertiary/aromatic N) is 13. The molecule has 0 spiro atoms. The third-order valence-electron chi connectivity index (χ3n) is 11.0. The Morgan fingerprint density at radius 1 is 0.758 bits per heavy atom. The fourth-order valence-electron chi connectivity index (χ4n) is 7.46. The van der Waals surface area contributed by atoms with Gasteiger partial charge in [-0.2, -0.15) is 15.0 Å². The van der Waals surface area contributed by atoms with Crippen molar-refractivity contribution in [1.82, 2.24) is 54.7 Å². The second-order valence-corrected chi connectivity index (χ2v) is 15.9. The summed E-state index contributed by atoms with van der Waals surface area (Å²) in [6.07, 6.45) is 12.6. The fourth-order valence-corrected chi connectivity index (χ4v) is 7.46. The highest BCUT2D eigenvalue weighted by molar-refractivity contribution is 5.81. The molecule has 0 radical (unpaired) electrons. The highest BCUT2D eigenvalue weighted by atomic mass is 35.5. The van der Waals surface area contributed by atoms with Gasteiger partial charge in [0.15, 0.2) is 6.04 Å². The number of amides is 2. The molecule has 0 aliphatic carbocycles. The number of hydrogen-bond donors (Lipinski definition) is 5. The Morgan fingerprint density at radius 3 is 1.89 bits per heavy atom. The van der Waals surface area contributed by atoms with Gasteiger partial charge in [-0.1, -0.05) is 16.3 Å². The number of carboxylic acids is 1. The van der Waals surface area contributed by atoms with Gasteiger partial charge in [0.1, 0.15) is 12.6 Å². The summed E-state index contributed by atoms with van der Waals surface area (Å²) in [7, 11) is 0. The molecule has 2 saturated heterocycles. The van der Waals surface area contributed by atoms with E-state index in [-0.39, 0.29) is 43.7 Å². The minimum absolute atomic E-state index is 0. The second kappa shape index (κ2) is 28.7. The van der Waals surface area contributed by atoms with Gasteiger partial charge >= 0.3 is 5.97 Å². The van der Waals surface area contributed by atoms with Crippen LogP contribution in [-0.4, -0.2) is 200 Å². The van der Waals surface area contributed by atoms with Crippen LogP contribution in [0.5, 0.6) is 0 Å². The van der Waals surface area contributed by atoms with E-state index in [1.165, 1.54) is 4.68 Å². The summed E-state index contributed by atoms with van der Waals surface area (Å²) in [6.45, 7) is 9.16. The number of aryl methyl sites for hydroxylation is 2. The fraction of sp³-hybridized carbons (Fsp3) is 0.707. The lowest BCUT2D eigenvalue weighted by Crippen LogP contribution is -3.00. The first-order valence-electron chi connectivity index (χ1n) is 22.7. The van der Waals surface area contributed by atoms with Crippen LogP contribution in [0.3, 0.4) is 0 Å². The smallest absolute Gasteiger partial charge is 0.303 e. The number of ether oxygens (including phenoxy) is 3. The van der Waals surface area contributed by atoms with Crippen molar-refractivity contribution in [2.75, 3.05) is 127 Å². The lowest BCUT2D eigenvalue weighted by molar-refractivity contribution is -0.368.